The van der Waals surface area contributed by atoms with Crippen molar-refractivity contribution in [2.75, 3.05) is 0 Å². The van der Waals surface area contributed by atoms with Crippen molar-refractivity contribution in [1.29, 1.82) is 0 Å². The molecule has 0 heteroatoms. The van der Waals surface area contributed by atoms with Crippen molar-refractivity contribution < 1.29 is 0 Å². The normalized spacial score (nSPS) is 11.1. The van der Waals surface area contributed by atoms with Gasteiger partial charge in [-0.3, -0.25) is 0 Å². The lowest BCUT2D eigenvalue weighted by atomic mass is 9.91. The molecule has 0 aromatic heterocycles. The fraction of sp³-hybridized carbons (Fsp3) is 0.0476. The van der Waals surface area contributed by atoms with Crippen LogP contribution in [0.4, 0.5) is 0 Å². The smallest absolute Gasteiger partial charge is 0.00267 e. The third kappa shape index (κ3) is 2.00. The topological polar surface area (TPSA) is 0 Å². The summed E-state index contributed by atoms with van der Waals surface area (Å²) in [5.41, 5.74) is 3.93. The number of hydrogen-bond acceptors (Lipinski definition) is 0. The summed E-state index contributed by atoms with van der Waals surface area (Å²) in [6.07, 6.45) is 0. The minimum absolute atomic E-state index is 1.29. The van der Waals surface area contributed by atoms with E-state index in [1.165, 1.54) is 38.2 Å². The highest BCUT2D eigenvalue weighted by Crippen LogP contribution is 2.36. The van der Waals surface area contributed by atoms with Gasteiger partial charge in [0.05, 0.1) is 0 Å². The highest BCUT2D eigenvalue weighted by Gasteiger charge is 2.09. The van der Waals surface area contributed by atoms with E-state index in [0.29, 0.717) is 0 Å². The van der Waals surface area contributed by atoms with Crippen molar-refractivity contribution in [3.05, 3.63) is 84.4 Å². The van der Waals surface area contributed by atoms with E-state index in [0.717, 1.165) is 0 Å². The molecule has 4 aromatic carbocycles. The molecule has 0 heterocycles. The molecule has 0 radical (unpaired) electrons. The quantitative estimate of drug-likeness (QED) is 0.373. The predicted molar refractivity (Wildman–Crippen MR) is 91.6 cm³/mol. The first-order valence-electron chi connectivity index (χ1n) is 7.30. The van der Waals surface area contributed by atoms with Crippen molar-refractivity contribution in [3.8, 4) is 11.1 Å². The van der Waals surface area contributed by atoms with Gasteiger partial charge in [0.15, 0.2) is 0 Å². The van der Waals surface area contributed by atoms with Gasteiger partial charge in [-0.15, -0.1) is 0 Å². The monoisotopic (exact) mass is 268 g/mol. The van der Waals surface area contributed by atoms with Gasteiger partial charge in [0.25, 0.3) is 0 Å². The molecule has 4 aromatic rings. The summed E-state index contributed by atoms with van der Waals surface area (Å²) >= 11 is 0. The fourth-order valence-corrected chi connectivity index (χ4v) is 3.13. The fourth-order valence-electron chi connectivity index (χ4n) is 3.13. The first-order chi connectivity index (χ1) is 10.3. The number of benzene rings is 4. The van der Waals surface area contributed by atoms with E-state index in [1.807, 2.05) is 0 Å². The van der Waals surface area contributed by atoms with E-state index in [2.05, 4.69) is 85.8 Å². The SMILES string of the molecule is Cc1cccc(-c2c3ccccc3cc3ccccc23)c1. The Labute approximate surface area is 124 Å². The second kappa shape index (κ2) is 4.75. The Kier molecular flexibility index (Phi) is 2.75. The lowest BCUT2D eigenvalue weighted by molar-refractivity contribution is 1.47. The van der Waals surface area contributed by atoms with Crippen LogP contribution >= 0.6 is 0 Å². The molecule has 0 amide bonds. The third-order valence-corrected chi connectivity index (χ3v) is 4.08. The molecule has 21 heavy (non-hydrogen) atoms. The third-order valence-electron chi connectivity index (χ3n) is 4.08. The standard InChI is InChI=1S/C21H16/c1-15-7-6-10-18(13-15)21-19-11-4-2-8-16(19)14-17-9-3-5-12-20(17)21/h2-14H,1H3. The summed E-state index contributed by atoms with van der Waals surface area (Å²) in [7, 11) is 0. The highest BCUT2D eigenvalue weighted by atomic mass is 14.1. The molecule has 0 unspecified atom stereocenters. The molecular weight excluding hydrogens is 252 g/mol. The van der Waals surface area contributed by atoms with Crippen LogP contribution in [-0.4, -0.2) is 0 Å². The molecule has 0 saturated carbocycles. The van der Waals surface area contributed by atoms with Gasteiger partial charge in [0.1, 0.15) is 0 Å². The minimum Gasteiger partial charge on any atom is -0.0616 e. The molecule has 4 rings (SSSR count). The minimum atomic E-state index is 1.29. The van der Waals surface area contributed by atoms with Crippen LogP contribution in [0.5, 0.6) is 0 Å². The number of aryl methyl sites for hydroxylation is 1. The van der Waals surface area contributed by atoms with Crippen LogP contribution in [0.15, 0.2) is 78.9 Å². The van der Waals surface area contributed by atoms with Gasteiger partial charge in [0.2, 0.25) is 0 Å². The summed E-state index contributed by atoms with van der Waals surface area (Å²) in [6.45, 7) is 2.15. The molecule has 0 N–H and O–H groups in total. The average Bonchev–Trinajstić information content (AvgIpc) is 2.52. The summed E-state index contributed by atoms with van der Waals surface area (Å²) in [4.78, 5) is 0. The Hall–Kier alpha value is -2.60. The van der Waals surface area contributed by atoms with Crippen molar-refractivity contribution in [2.24, 2.45) is 0 Å². The molecule has 0 aliphatic rings. The molecule has 0 aliphatic heterocycles. The van der Waals surface area contributed by atoms with Crippen molar-refractivity contribution in [3.63, 3.8) is 0 Å². The second-order valence-corrected chi connectivity index (χ2v) is 5.56. The maximum absolute atomic E-state index is 2.28. The van der Waals surface area contributed by atoms with Crippen LogP contribution < -0.4 is 0 Å². The van der Waals surface area contributed by atoms with Crippen molar-refractivity contribution in [1.82, 2.24) is 0 Å². The maximum atomic E-state index is 2.28. The summed E-state index contributed by atoms with van der Waals surface area (Å²) < 4.78 is 0. The van der Waals surface area contributed by atoms with E-state index in [-0.39, 0.29) is 0 Å². The maximum Gasteiger partial charge on any atom is -0.00267 e. The van der Waals surface area contributed by atoms with Crippen LogP contribution in [0, 0.1) is 6.92 Å². The second-order valence-electron chi connectivity index (χ2n) is 5.56. The van der Waals surface area contributed by atoms with Gasteiger partial charge in [-0.05, 0) is 45.7 Å². The largest absolute Gasteiger partial charge is 0.0616 e. The summed E-state index contributed by atoms with van der Waals surface area (Å²) in [5.74, 6) is 0. The van der Waals surface area contributed by atoms with Crippen LogP contribution in [-0.2, 0) is 0 Å². The molecule has 0 saturated heterocycles. The zero-order chi connectivity index (χ0) is 14.2. The first kappa shape index (κ1) is 12.2. The van der Waals surface area contributed by atoms with Crippen molar-refractivity contribution in [2.45, 2.75) is 6.92 Å². The lowest BCUT2D eigenvalue weighted by Crippen LogP contribution is -1.86. The van der Waals surface area contributed by atoms with E-state index in [1.54, 1.807) is 0 Å². The Balaban J connectivity index is 2.21. The first-order valence-corrected chi connectivity index (χ1v) is 7.30. The molecular formula is C21H16. The van der Waals surface area contributed by atoms with Crippen molar-refractivity contribution >= 4 is 21.5 Å². The summed E-state index contributed by atoms with van der Waals surface area (Å²) in [5, 5.41) is 5.24. The Morgan fingerprint density at radius 2 is 1.19 bits per heavy atom. The van der Waals surface area contributed by atoms with Gasteiger partial charge in [-0.25, -0.2) is 0 Å². The number of hydrogen-bond donors (Lipinski definition) is 0. The lowest BCUT2D eigenvalue weighted by Gasteiger charge is -2.12. The zero-order valence-corrected chi connectivity index (χ0v) is 12.0. The molecule has 0 nitrogen and oxygen atoms in total. The van der Waals surface area contributed by atoms with Gasteiger partial charge < -0.3 is 0 Å². The molecule has 0 spiro atoms. The van der Waals surface area contributed by atoms with Gasteiger partial charge in [0, 0.05) is 0 Å². The number of fused-ring (bicyclic) bond motifs is 2. The molecule has 0 aliphatic carbocycles. The molecule has 0 bridgehead atoms. The van der Waals surface area contributed by atoms with E-state index in [4.69, 9.17) is 0 Å². The average molecular weight is 268 g/mol. The Bertz CT molecular complexity index is 894. The van der Waals surface area contributed by atoms with Crippen LogP contribution in [0.2, 0.25) is 0 Å². The van der Waals surface area contributed by atoms with E-state index in [9.17, 15) is 0 Å². The predicted octanol–water partition coefficient (Wildman–Crippen LogP) is 5.97. The molecule has 0 atom stereocenters. The molecule has 100 valence electrons. The van der Waals surface area contributed by atoms with E-state index < -0.39 is 0 Å². The van der Waals surface area contributed by atoms with Crippen LogP contribution in [0.1, 0.15) is 5.56 Å². The zero-order valence-electron chi connectivity index (χ0n) is 12.0. The molecule has 0 fully saturated rings. The summed E-state index contributed by atoms with van der Waals surface area (Å²) in [6, 6.07) is 28.3. The number of rotatable bonds is 1. The highest BCUT2D eigenvalue weighted by molar-refractivity contribution is 6.12. The van der Waals surface area contributed by atoms with Crippen LogP contribution in [0.3, 0.4) is 0 Å². The van der Waals surface area contributed by atoms with Gasteiger partial charge >= 0.3 is 0 Å². The van der Waals surface area contributed by atoms with Gasteiger partial charge in [-0.2, -0.15) is 0 Å². The Morgan fingerprint density at radius 1 is 0.571 bits per heavy atom. The van der Waals surface area contributed by atoms with Gasteiger partial charge in [-0.1, -0.05) is 78.4 Å². The van der Waals surface area contributed by atoms with Crippen LogP contribution in [0.25, 0.3) is 32.7 Å². The van der Waals surface area contributed by atoms with E-state index >= 15 is 0 Å². The Morgan fingerprint density at radius 3 is 1.81 bits per heavy atom.